The van der Waals surface area contributed by atoms with Crippen molar-refractivity contribution in [2.75, 3.05) is 10.6 Å². The molecule has 0 aliphatic carbocycles. The molecule has 10 heteroatoms. The van der Waals surface area contributed by atoms with Gasteiger partial charge in [0.05, 0.1) is 30.3 Å². The van der Waals surface area contributed by atoms with Crippen molar-refractivity contribution < 1.29 is 8.78 Å². The van der Waals surface area contributed by atoms with Crippen LogP contribution < -0.4 is 10.6 Å². The topological polar surface area (TPSA) is 85.5 Å². The lowest BCUT2D eigenvalue weighted by molar-refractivity contribution is 0.612. The molecule has 1 aromatic carbocycles. The van der Waals surface area contributed by atoms with Crippen molar-refractivity contribution >= 4 is 17.5 Å². The van der Waals surface area contributed by atoms with Gasteiger partial charge in [-0.1, -0.05) is 0 Å². The molecule has 0 bridgehead atoms. The van der Waals surface area contributed by atoms with Crippen LogP contribution in [0.25, 0.3) is 11.1 Å². The number of nitrogens with zero attached hydrogens (tertiary/aromatic N) is 6. The van der Waals surface area contributed by atoms with E-state index in [9.17, 15) is 8.78 Å². The number of rotatable bonds is 6. The molecule has 0 spiro atoms. The van der Waals surface area contributed by atoms with E-state index in [1.54, 1.807) is 55.2 Å². The highest BCUT2D eigenvalue weighted by molar-refractivity contribution is 5.63. The van der Waals surface area contributed by atoms with Gasteiger partial charge in [0.15, 0.2) is 11.6 Å². The molecular weight excluding hydrogens is 390 g/mol. The Kier molecular flexibility index (Phi) is 5.13. The fraction of sp³-hybridized carbons (Fsp3) is 0.200. The molecule has 2 N–H and O–H groups in total. The first-order valence-electron chi connectivity index (χ1n) is 9.21. The summed E-state index contributed by atoms with van der Waals surface area (Å²) in [5.41, 5.74) is 2.80. The molecule has 0 saturated carbocycles. The van der Waals surface area contributed by atoms with E-state index in [0.29, 0.717) is 16.8 Å². The molecule has 1 unspecified atom stereocenters. The number of aromatic nitrogens is 6. The molecule has 0 amide bonds. The average Bonchev–Trinajstić information content (AvgIpc) is 3.32. The number of nitrogens with one attached hydrogen (secondary N) is 2. The van der Waals surface area contributed by atoms with Gasteiger partial charge in [-0.2, -0.15) is 15.2 Å². The third-order valence-electron chi connectivity index (χ3n) is 4.52. The minimum atomic E-state index is -0.609. The van der Waals surface area contributed by atoms with Crippen molar-refractivity contribution in [2.24, 2.45) is 14.1 Å². The average molecular weight is 410 g/mol. The molecular formula is C20H20F2N8. The molecule has 0 aliphatic rings. The third kappa shape index (κ3) is 4.27. The van der Waals surface area contributed by atoms with Gasteiger partial charge in [0.2, 0.25) is 5.95 Å². The molecule has 0 radical (unpaired) electrons. The van der Waals surface area contributed by atoms with Gasteiger partial charge in [0, 0.05) is 32.1 Å². The highest BCUT2D eigenvalue weighted by Crippen LogP contribution is 2.27. The van der Waals surface area contributed by atoms with Crippen LogP contribution in [0.15, 0.2) is 49.2 Å². The van der Waals surface area contributed by atoms with Crippen molar-refractivity contribution in [2.45, 2.75) is 13.0 Å². The Bertz CT molecular complexity index is 1180. The SMILES string of the molecule is CC(Nc1nc(Nc2cnn(C)c2)ncc1F)c1cc(F)cc(-c2cnn(C)c2)c1. The molecule has 1 atom stereocenters. The molecule has 0 saturated heterocycles. The van der Waals surface area contributed by atoms with E-state index < -0.39 is 11.9 Å². The number of anilines is 3. The first-order chi connectivity index (χ1) is 14.4. The molecule has 0 fully saturated rings. The molecule has 4 rings (SSSR count). The van der Waals surface area contributed by atoms with E-state index in [1.165, 1.54) is 12.1 Å². The highest BCUT2D eigenvalue weighted by Gasteiger charge is 2.14. The Morgan fingerprint density at radius 3 is 2.40 bits per heavy atom. The van der Waals surface area contributed by atoms with Gasteiger partial charge >= 0.3 is 0 Å². The maximum Gasteiger partial charge on any atom is 0.229 e. The monoisotopic (exact) mass is 410 g/mol. The molecule has 154 valence electrons. The summed E-state index contributed by atoms with van der Waals surface area (Å²) in [5.74, 6) is -0.768. The second-order valence-corrected chi connectivity index (χ2v) is 6.96. The lowest BCUT2D eigenvalue weighted by Crippen LogP contribution is -2.11. The zero-order chi connectivity index (χ0) is 21.3. The number of aryl methyl sites for hydroxylation is 2. The Balaban J connectivity index is 1.57. The third-order valence-corrected chi connectivity index (χ3v) is 4.52. The van der Waals surface area contributed by atoms with Crippen molar-refractivity contribution in [1.82, 2.24) is 29.5 Å². The number of benzene rings is 1. The Morgan fingerprint density at radius 1 is 0.933 bits per heavy atom. The summed E-state index contributed by atoms with van der Waals surface area (Å²) in [6.45, 7) is 1.80. The minimum Gasteiger partial charge on any atom is -0.361 e. The van der Waals surface area contributed by atoms with Crippen LogP contribution in [-0.4, -0.2) is 29.5 Å². The van der Waals surface area contributed by atoms with Gasteiger partial charge in [0.25, 0.3) is 0 Å². The van der Waals surface area contributed by atoms with Crippen LogP contribution in [0.1, 0.15) is 18.5 Å². The summed E-state index contributed by atoms with van der Waals surface area (Å²) in [4.78, 5) is 8.15. The van der Waals surface area contributed by atoms with Crippen molar-refractivity contribution in [1.29, 1.82) is 0 Å². The maximum absolute atomic E-state index is 14.3. The Labute approximate surface area is 171 Å². The zero-order valence-electron chi connectivity index (χ0n) is 16.6. The van der Waals surface area contributed by atoms with Crippen LogP contribution in [0, 0.1) is 11.6 Å². The van der Waals surface area contributed by atoms with Crippen LogP contribution in [-0.2, 0) is 14.1 Å². The van der Waals surface area contributed by atoms with Gasteiger partial charge in [0.1, 0.15) is 5.82 Å². The predicted molar refractivity (Wildman–Crippen MR) is 109 cm³/mol. The molecule has 8 nitrogen and oxygen atoms in total. The fourth-order valence-electron chi connectivity index (χ4n) is 3.03. The number of hydrogen-bond acceptors (Lipinski definition) is 6. The quantitative estimate of drug-likeness (QED) is 0.503. The largest absolute Gasteiger partial charge is 0.361 e. The van der Waals surface area contributed by atoms with E-state index >= 15 is 0 Å². The van der Waals surface area contributed by atoms with Gasteiger partial charge < -0.3 is 10.6 Å². The standard InChI is InChI=1S/C20H20F2N8/c1-12(13-4-14(6-16(21)5-13)15-7-24-29(2)10-15)26-19-18(22)9-23-20(28-19)27-17-8-25-30(3)11-17/h4-12H,1-3H3,(H2,23,26,27,28). The van der Waals surface area contributed by atoms with E-state index in [-0.39, 0.29) is 17.6 Å². The Hall–Kier alpha value is -3.82. The first kappa shape index (κ1) is 19.5. The molecule has 30 heavy (non-hydrogen) atoms. The van der Waals surface area contributed by atoms with Crippen LogP contribution >= 0.6 is 0 Å². The molecule has 3 heterocycles. The van der Waals surface area contributed by atoms with Gasteiger partial charge in [-0.15, -0.1) is 0 Å². The van der Waals surface area contributed by atoms with Crippen molar-refractivity contribution in [3.05, 3.63) is 66.4 Å². The fourth-order valence-corrected chi connectivity index (χ4v) is 3.03. The highest BCUT2D eigenvalue weighted by atomic mass is 19.1. The summed E-state index contributed by atoms with van der Waals surface area (Å²) in [6, 6.07) is 4.28. The van der Waals surface area contributed by atoms with Gasteiger partial charge in [-0.25, -0.2) is 13.8 Å². The summed E-state index contributed by atoms with van der Waals surface area (Å²) in [5, 5.41) is 14.1. The van der Waals surface area contributed by atoms with Gasteiger partial charge in [-0.05, 0) is 36.2 Å². The van der Waals surface area contributed by atoms with E-state index in [4.69, 9.17) is 0 Å². The summed E-state index contributed by atoms with van der Waals surface area (Å²) < 4.78 is 31.8. The predicted octanol–water partition coefficient (Wildman–Crippen LogP) is 3.81. The van der Waals surface area contributed by atoms with Crippen LogP contribution in [0.5, 0.6) is 0 Å². The second kappa shape index (κ2) is 7.90. The van der Waals surface area contributed by atoms with Gasteiger partial charge in [-0.3, -0.25) is 9.36 Å². The van der Waals surface area contributed by atoms with Crippen LogP contribution in [0.2, 0.25) is 0 Å². The smallest absolute Gasteiger partial charge is 0.229 e. The minimum absolute atomic E-state index is 0.0103. The molecule has 3 aromatic heterocycles. The summed E-state index contributed by atoms with van der Waals surface area (Å²) >= 11 is 0. The summed E-state index contributed by atoms with van der Waals surface area (Å²) in [7, 11) is 3.58. The lowest BCUT2D eigenvalue weighted by atomic mass is 10.0. The lowest BCUT2D eigenvalue weighted by Gasteiger charge is -2.17. The van der Waals surface area contributed by atoms with E-state index in [2.05, 4.69) is 30.8 Å². The van der Waals surface area contributed by atoms with E-state index in [1.807, 2.05) is 6.07 Å². The van der Waals surface area contributed by atoms with Crippen molar-refractivity contribution in [3.8, 4) is 11.1 Å². The number of hydrogen-bond donors (Lipinski definition) is 2. The first-order valence-corrected chi connectivity index (χ1v) is 9.21. The summed E-state index contributed by atoms with van der Waals surface area (Å²) in [6.07, 6.45) is 7.89. The molecule has 0 aliphatic heterocycles. The van der Waals surface area contributed by atoms with Crippen molar-refractivity contribution in [3.63, 3.8) is 0 Å². The second-order valence-electron chi connectivity index (χ2n) is 6.96. The van der Waals surface area contributed by atoms with Crippen LogP contribution in [0.4, 0.5) is 26.2 Å². The maximum atomic E-state index is 14.3. The van der Waals surface area contributed by atoms with Crippen LogP contribution in [0.3, 0.4) is 0 Å². The zero-order valence-corrected chi connectivity index (χ0v) is 16.6. The normalized spacial score (nSPS) is 12.0. The number of halogens is 2. The van der Waals surface area contributed by atoms with E-state index in [0.717, 1.165) is 11.8 Å². The Morgan fingerprint density at radius 2 is 1.70 bits per heavy atom. The molecule has 4 aromatic rings.